The fourth-order valence-electron chi connectivity index (χ4n) is 1.30. The number of nitrogens with zero attached hydrogens (tertiary/aromatic N) is 1. The molecule has 0 amide bonds. The highest BCUT2D eigenvalue weighted by atomic mass is 32.1. The first-order chi connectivity index (χ1) is 6.75. The first-order valence-electron chi connectivity index (χ1n) is 4.59. The molecule has 3 N–H and O–H groups in total. The van der Waals surface area contributed by atoms with Gasteiger partial charge >= 0.3 is 0 Å². The van der Waals surface area contributed by atoms with E-state index in [1.165, 1.54) is 0 Å². The third kappa shape index (κ3) is 2.02. The van der Waals surface area contributed by atoms with Crippen molar-refractivity contribution in [3.05, 3.63) is 28.8 Å². The molecule has 0 aliphatic heterocycles. The minimum Gasteiger partial charge on any atom is -0.367 e. The van der Waals surface area contributed by atoms with Gasteiger partial charge in [-0.05, 0) is 13.0 Å². The maximum Gasteiger partial charge on any atom is 0.0947 e. The molecule has 14 heavy (non-hydrogen) atoms. The molecule has 0 spiro atoms. The maximum absolute atomic E-state index is 5.71. The van der Waals surface area contributed by atoms with Crippen LogP contribution in [0.3, 0.4) is 0 Å². The van der Waals surface area contributed by atoms with Crippen LogP contribution in [-0.2, 0) is 6.42 Å². The lowest BCUT2D eigenvalue weighted by molar-refractivity contribution is 0.734. The third-order valence-electron chi connectivity index (χ3n) is 1.94. The minimum atomic E-state index is 0.181. The molecule has 0 aliphatic rings. The van der Waals surface area contributed by atoms with Gasteiger partial charge in [0.2, 0.25) is 0 Å². The SMILES string of the molecule is CC(N)Cc1nc(-c2cc[nH]c2)cs1. The highest BCUT2D eigenvalue weighted by Gasteiger charge is 2.05. The Morgan fingerprint density at radius 2 is 2.50 bits per heavy atom. The van der Waals surface area contributed by atoms with Crippen LogP contribution in [0.4, 0.5) is 0 Å². The van der Waals surface area contributed by atoms with E-state index < -0.39 is 0 Å². The van der Waals surface area contributed by atoms with Gasteiger partial charge in [0.1, 0.15) is 0 Å². The van der Waals surface area contributed by atoms with E-state index in [2.05, 4.69) is 15.3 Å². The Kier molecular flexibility index (Phi) is 2.65. The summed E-state index contributed by atoms with van der Waals surface area (Å²) in [5, 5.41) is 3.18. The summed E-state index contributed by atoms with van der Waals surface area (Å²) in [6.45, 7) is 2.00. The summed E-state index contributed by atoms with van der Waals surface area (Å²) in [7, 11) is 0. The fraction of sp³-hybridized carbons (Fsp3) is 0.300. The molecule has 1 atom stereocenters. The maximum atomic E-state index is 5.71. The van der Waals surface area contributed by atoms with E-state index in [1.807, 2.05) is 25.4 Å². The topological polar surface area (TPSA) is 54.7 Å². The second-order valence-corrected chi connectivity index (χ2v) is 4.35. The number of nitrogens with one attached hydrogen (secondary N) is 1. The van der Waals surface area contributed by atoms with Crippen molar-refractivity contribution in [1.82, 2.24) is 9.97 Å². The molecule has 0 saturated carbocycles. The Hall–Kier alpha value is -1.13. The molecule has 2 heterocycles. The standard InChI is InChI=1S/C10H13N3S/c1-7(11)4-10-13-9(6-14-10)8-2-3-12-5-8/h2-3,5-7,12H,4,11H2,1H3. The molecule has 2 aromatic rings. The van der Waals surface area contributed by atoms with Gasteiger partial charge in [0.25, 0.3) is 0 Å². The number of rotatable bonds is 3. The summed E-state index contributed by atoms with van der Waals surface area (Å²) >= 11 is 1.67. The van der Waals surface area contributed by atoms with Crippen LogP contribution >= 0.6 is 11.3 Å². The summed E-state index contributed by atoms with van der Waals surface area (Å²) in [6.07, 6.45) is 4.71. The van der Waals surface area contributed by atoms with E-state index in [-0.39, 0.29) is 6.04 Å². The first kappa shape index (κ1) is 9.43. The van der Waals surface area contributed by atoms with Gasteiger partial charge in [-0.15, -0.1) is 11.3 Å². The minimum absolute atomic E-state index is 0.181. The number of aromatic nitrogens is 2. The van der Waals surface area contributed by atoms with Gasteiger partial charge in [-0.1, -0.05) is 0 Å². The number of aromatic amines is 1. The van der Waals surface area contributed by atoms with Gasteiger partial charge in [-0.25, -0.2) is 4.98 Å². The number of thiazole rings is 1. The van der Waals surface area contributed by atoms with Crippen molar-refractivity contribution in [3.63, 3.8) is 0 Å². The van der Waals surface area contributed by atoms with Crippen LogP contribution < -0.4 is 5.73 Å². The van der Waals surface area contributed by atoms with Crippen LogP contribution in [0.25, 0.3) is 11.3 Å². The van der Waals surface area contributed by atoms with Crippen LogP contribution in [0.15, 0.2) is 23.8 Å². The van der Waals surface area contributed by atoms with E-state index in [4.69, 9.17) is 5.73 Å². The van der Waals surface area contributed by atoms with Crippen molar-refractivity contribution in [2.24, 2.45) is 5.73 Å². The van der Waals surface area contributed by atoms with E-state index in [0.717, 1.165) is 22.7 Å². The largest absolute Gasteiger partial charge is 0.367 e. The van der Waals surface area contributed by atoms with E-state index in [9.17, 15) is 0 Å². The lowest BCUT2D eigenvalue weighted by atomic mass is 10.2. The molecule has 2 aromatic heterocycles. The Morgan fingerprint density at radius 1 is 1.64 bits per heavy atom. The summed E-state index contributed by atoms with van der Waals surface area (Å²) < 4.78 is 0. The Morgan fingerprint density at radius 3 is 3.14 bits per heavy atom. The smallest absolute Gasteiger partial charge is 0.0947 e. The van der Waals surface area contributed by atoms with E-state index in [0.29, 0.717) is 0 Å². The molecular weight excluding hydrogens is 194 g/mol. The van der Waals surface area contributed by atoms with Crippen molar-refractivity contribution in [3.8, 4) is 11.3 Å². The van der Waals surface area contributed by atoms with Crippen LogP contribution in [0.1, 0.15) is 11.9 Å². The zero-order valence-electron chi connectivity index (χ0n) is 8.03. The predicted octanol–water partition coefficient (Wildman–Crippen LogP) is 2.03. The highest BCUT2D eigenvalue weighted by Crippen LogP contribution is 2.21. The molecule has 1 unspecified atom stereocenters. The Bertz CT molecular complexity index is 389. The Labute approximate surface area is 87.0 Å². The van der Waals surface area contributed by atoms with Gasteiger partial charge in [0.15, 0.2) is 0 Å². The summed E-state index contributed by atoms with van der Waals surface area (Å²) in [6, 6.07) is 2.20. The highest BCUT2D eigenvalue weighted by molar-refractivity contribution is 7.09. The average molecular weight is 207 g/mol. The molecule has 0 bridgehead atoms. The molecule has 4 heteroatoms. The zero-order chi connectivity index (χ0) is 9.97. The molecule has 2 rings (SSSR count). The second-order valence-electron chi connectivity index (χ2n) is 3.41. The van der Waals surface area contributed by atoms with Crippen LogP contribution in [0, 0.1) is 0 Å². The number of hydrogen-bond donors (Lipinski definition) is 2. The quantitative estimate of drug-likeness (QED) is 0.809. The molecule has 0 saturated heterocycles. The van der Waals surface area contributed by atoms with Gasteiger partial charge in [-0.3, -0.25) is 0 Å². The van der Waals surface area contributed by atoms with Crippen molar-refractivity contribution < 1.29 is 0 Å². The van der Waals surface area contributed by atoms with Gasteiger partial charge in [-0.2, -0.15) is 0 Å². The van der Waals surface area contributed by atoms with Crippen LogP contribution in [-0.4, -0.2) is 16.0 Å². The first-order valence-corrected chi connectivity index (χ1v) is 5.47. The van der Waals surface area contributed by atoms with Crippen molar-refractivity contribution in [2.45, 2.75) is 19.4 Å². The molecule has 74 valence electrons. The predicted molar refractivity (Wildman–Crippen MR) is 59.3 cm³/mol. The fourth-order valence-corrected chi connectivity index (χ4v) is 2.24. The zero-order valence-corrected chi connectivity index (χ0v) is 8.84. The number of nitrogens with two attached hydrogens (primary N) is 1. The third-order valence-corrected chi connectivity index (χ3v) is 2.81. The molecule has 0 radical (unpaired) electrons. The molecular formula is C10H13N3S. The summed E-state index contributed by atoms with van der Waals surface area (Å²) in [5.74, 6) is 0. The van der Waals surface area contributed by atoms with Gasteiger partial charge < -0.3 is 10.7 Å². The molecule has 0 aliphatic carbocycles. The number of H-pyrrole nitrogens is 1. The second kappa shape index (κ2) is 3.94. The summed E-state index contributed by atoms with van der Waals surface area (Å²) in [4.78, 5) is 7.53. The normalized spacial score (nSPS) is 13.0. The molecule has 0 aromatic carbocycles. The van der Waals surface area contributed by atoms with Gasteiger partial charge in [0, 0.05) is 35.8 Å². The summed E-state index contributed by atoms with van der Waals surface area (Å²) in [5.41, 5.74) is 7.88. The van der Waals surface area contributed by atoms with E-state index in [1.54, 1.807) is 11.3 Å². The molecule has 0 fully saturated rings. The van der Waals surface area contributed by atoms with Crippen molar-refractivity contribution in [2.75, 3.05) is 0 Å². The van der Waals surface area contributed by atoms with Crippen LogP contribution in [0.2, 0.25) is 0 Å². The van der Waals surface area contributed by atoms with Crippen molar-refractivity contribution >= 4 is 11.3 Å². The van der Waals surface area contributed by atoms with Crippen molar-refractivity contribution in [1.29, 1.82) is 0 Å². The lowest BCUT2D eigenvalue weighted by Gasteiger charge is -1.98. The Balaban J connectivity index is 2.18. The van der Waals surface area contributed by atoms with Gasteiger partial charge in [0.05, 0.1) is 10.7 Å². The van der Waals surface area contributed by atoms with E-state index >= 15 is 0 Å². The lowest BCUT2D eigenvalue weighted by Crippen LogP contribution is -2.17. The van der Waals surface area contributed by atoms with Crippen LogP contribution in [0.5, 0.6) is 0 Å². The molecule has 3 nitrogen and oxygen atoms in total. The number of hydrogen-bond acceptors (Lipinski definition) is 3. The monoisotopic (exact) mass is 207 g/mol. The average Bonchev–Trinajstić information content (AvgIpc) is 2.69.